The number of rotatable bonds is 6. The Balaban J connectivity index is 2.61. The number of carboxylic acid groups (broad SMARTS) is 1. The van der Waals surface area contributed by atoms with Crippen molar-refractivity contribution in [1.82, 2.24) is 0 Å². The Bertz CT molecular complexity index is 487. The summed E-state index contributed by atoms with van der Waals surface area (Å²) in [5.41, 5.74) is 0. The molecule has 0 aliphatic rings. The molecule has 0 fully saturated rings. The van der Waals surface area contributed by atoms with Gasteiger partial charge >= 0.3 is 5.97 Å². The van der Waals surface area contributed by atoms with Gasteiger partial charge in [-0.25, -0.2) is 4.79 Å². The fourth-order valence-corrected chi connectivity index (χ4v) is 1.04. The second-order valence-corrected chi connectivity index (χ2v) is 3.14. The Morgan fingerprint density at radius 1 is 1.33 bits per heavy atom. The first kappa shape index (κ1) is 13.4. The molecule has 0 aromatic heterocycles. The van der Waals surface area contributed by atoms with Crippen molar-refractivity contribution in [2.45, 2.75) is 0 Å². The fraction of sp³-hybridized carbons (Fsp3) is 0. The zero-order valence-corrected chi connectivity index (χ0v) is 9.69. The second kappa shape index (κ2) is 7.62. The van der Waals surface area contributed by atoms with Gasteiger partial charge in [-0.3, -0.25) is 4.99 Å². The van der Waals surface area contributed by atoms with Crippen molar-refractivity contribution in [2.24, 2.45) is 4.99 Å². The van der Waals surface area contributed by atoms with Crippen LogP contribution in [0.25, 0.3) is 0 Å². The molecule has 0 bridgehead atoms. The number of hydrogen-bond donors (Lipinski definition) is 1. The minimum Gasteiger partial charge on any atom is -0.478 e. The number of ether oxygens (including phenoxy) is 1. The summed E-state index contributed by atoms with van der Waals surface area (Å²) in [6, 6.07) is 9.25. The van der Waals surface area contributed by atoms with E-state index in [1.807, 2.05) is 30.3 Å². The first-order valence-corrected chi connectivity index (χ1v) is 5.20. The van der Waals surface area contributed by atoms with Crippen molar-refractivity contribution in [3.63, 3.8) is 0 Å². The van der Waals surface area contributed by atoms with Crippen molar-refractivity contribution in [3.8, 4) is 5.75 Å². The molecule has 18 heavy (non-hydrogen) atoms. The van der Waals surface area contributed by atoms with Crippen molar-refractivity contribution in [3.05, 3.63) is 67.1 Å². The summed E-state index contributed by atoms with van der Waals surface area (Å²) in [6.07, 6.45) is 6.68. The van der Waals surface area contributed by atoms with Crippen LogP contribution in [0.5, 0.6) is 5.75 Å². The van der Waals surface area contributed by atoms with E-state index in [2.05, 4.69) is 11.6 Å². The average molecular weight is 243 g/mol. The minimum absolute atomic E-state index is 0.522. The molecule has 0 heterocycles. The third-order valence-corrected chi connectivity index (χ3v) is 1.81. The Hall–Kier alpha value is -2.62. The molecule has 0 atom stereocenters. The molecule has 1 aromatic carbocycles. The zero-order valence-electron chi connectivity index (χ0n) is 9.69. The molecular weight excluding hydrogens is 230 g/mol. The van der Waals surface area contributed by atoms with E-state index in [4.69, 9.17) is 9.84 Å². The number of aliphatic imine (C=N–C) groups is 1. The van der Waals surface area contributed by atoms with Gasteiger partial charge in [-0.05, 0) is 24.3 Å². The van der Waals surface area contributed by atoms with E-state index >= 15 is 0 Å². The highest BCUT2D eigenvalue weighted by Gasteiger charge is 1.93. The average Bonchev–Trinajstić information content (AvgIpc) is 2.38. The number of carboxylic acids is 1. The lowest BCUT2D eigenvalue weighted by Crippen LogP contribution is -1.91. The van der Waals surface area contributed by atoms with E-state index in [1.54, 1.807) is 12.2 Å². The molecule has 4 heteroatoms. The van der Waals surface area contributed by atoms with Crippen molar-refractivity contribution < 1.29 is 14.6 Å². The van der Waals surface area contributed by atoms with Crippen LogP contribution in [0.1, 0.15) is 0 Å². The topological polar surface area (TPSA) is 58.9 Å². The predicted octanol–water partition coefficient (Wildman–Crippen LogP) is 2.80. The molecule has 92 valence electrons. The molecule has 0 amide bonds. The van der Waals surface area contributed by atoms with Crippen LogP contribution in [0.2, 0.25) is 0 Å². The van der Waals surface area contributed by atoms with Crippen LogP contribution in [0.4, 0.5) is 0 Å². The molecule has 1 rings (SSSR count). The monoisotopic (exact) mass is 243 g/mol. The third kappa shape index (κ3) is 5.46. The van der Waals surface area contributed by atoms with Gasteiger partial charge in [0.2, 0.25) is 0 Å². The third-order valence-electron chi connectivity index (χ3n) is 1.81. The Kier molecular flexibility index (Phi) is 5.69. The molecule has 1 N–H and O–H groups in total. The van der Waals surface area contributed by atoms with Crippen LogP contribution in [0, 0.1) is 0 Å². The number of aliphatic carboxylic acids is 1. The summed E-state index contributed by atoms with van der Waals surface area (Å²) in [7, 11) is 0. The van der Waals surface area contributed by atoms with Gasteiger partial charge in [-0.15, -0.1) is 0 Å². The normalized spacial score (nSPS) is 11.9. The van der Waals surface area contributed by atoms with Gasteiger partial charge in [0.1, 0.15) is 11.5 Å². The highest BCUT2D eigenvalue weighted by Crippen LogP contribution is 2.12. The van der Waals surface area contributed by atoms with Crippen molar-refractivity contribution >= 4 is 12.2 Å². The first-order chi connectivity index (χ1) is 8.72. The van der Waals surface area contributed by atoms with Gasteiger partial charge in [-0.1, -0.05) is 24.8 Å². The van der Waals surface area contributed by atoms with Crippen molar-refractivity contribution in [2.75, 3.05) is 0 Å². The largest absolute Gasteiger partial charge is 0.478 e. The van der Waals surface area contributed by atoms with Crippen LogP contribution in [0.3, 0.4) is 0 Å². The number of nitrogens with zero attached hydrogens (tertiary/aromatic N) is 1. The SMILES string of the molecule is C=C\C(=C/C=N\C=C\C(=O)O)Oc1ccccc1. The highest BCUT2D eigenvalue weighted by molar-refractivity contribution is 5.80. The number of benzene rings is 1. The van der Waals surface area contributed by atoms with Crippen LogP contribution in [0.15, 0.2) is 72.1 Å². The van der Waals surface area contributed by atoms with Gasteiger partial charge in [0, 0.05) is 18.5 Å². The Labute approximate surface area is 105 Å². The standard InChI is InChI=1S/C14H13NO3/c1-2-12(8-10-15-11-9-14(16)17)18-13-6-4-3-5-7-13/h2-11H,1H2,(H,16,17)/b11-9+,12-8+,15-10-. The van der Waals surface area contributed by atoms with E-state index in [1.165, 1.54) is 12.4 Å². The molecule has 0 saturated heterocycles. The lowest BCUT2D eigenvalue weighted by Gasteiger charge is -2.04. The molecule has 1 aromatic rings. The van der Waals surface area contributed by atoms with Gasteiger partial charge in [0.05, 0.1) is 0 Å². The summed E-state index contributed by atoms with van der Waals surface area (Å²) in [5, 5.41) is 8.35. The molecule has 0 aliphatic heterocycles. The van der Waals surface area contributed by atoms with E-state index in [-0.39, 0.29) is 0 Å². The fourth-order valence-electron chi connectivity index (χ4n) is 1.04. The van der Waals surface area contributed by atoms with Crippen LogP contribution >= 0.6 is 0 Å². The molecular formula is C14H13NO3. The van der Waals surface area contributed by atoms with Crippen molar-refractivity contribution in [1.29, 1.82) is 0 Å². The maximum atomic E-state index is 10.2. The maximum absolute atomic E-state index is 10.2. The van der Waals surface area contributed by atoms with Gasteiger partial charge in [-0.2, -0.15) is 0 Å². The summed E-state index contributed by atoms with van der Waals surface area (Å²) >= 11 is 0. The number of hydrogen-bond acceptors (Lipinski definition) is 3. The summed E-state index contributed by atoms with van der Waals surface area (Å²) in [4.78, 5) is 13.9. The molecule has 0 spiro atoms. The van der Waals surface area contributed by atoms with E-state index in [0.29, 0.717) is 11.5 Å². The molecule has 0 radical (unpaired) electrons. The lowest BCUT2D eigenvalue weighted by molar-refractivity contribution is -0.131. The van der Waals surface area contributed by atoms with Crippen LogP contribution < -0.4 is 4.74 Å². The van der Waals surface area contributed by atoms with E-state index in [0.717, 1.165) is 6.08 Å². The first-order valence-electron chi connectivity index (χ1n) is 5.20. The predicted molar refractivity (Wildman–Crippen MR) is 70.6 cm³/mol. The van der Waals surface area contributed by atoms with Gasteiger partial charge in [0.15, 0.2) is 0 Å². The summed E-state index contributed by atoms with van der Waals surface area (Å²) in [6.45, 7) is 3.62. The summed E-state index contributed by atoms with van der Waals surface area (Å²) < 4.78 is 5.50. The number of para-hydroxylation sites is 1. The number of allylic oxidation sites excluding steroid dienone is 2. The van der Waals surface area contributed by atoms with Crippen LogP contribution in [-0.2, 0) is 4.79 Å². The smallest absolute Gasteiger partial charge is 0.329 e. The number of carbonyl (C=O) groups is 1. The second-order valence-electron chi connectivity index (χ2n) is 3.14. The minimum atomic E-state index is -1.04. The maximum Gasteiger partial charge on any atom is 0.329 e. The zero-order chi connectivity index (χ0) is 13.2. The molecule has 4 nitrogen and oxygen atoms in total. The van der Waals surface area contributed by atoms with E-state index in [9.17, 15) is 4.79 Å². The quantitative estimate of drug-likeness (QED) is 0.362. The van der Waals surface area contributed by atoms with Gasteiger partial charge < -0.3 is 9.84 Å². The molecule has 0 saturated carbocycles. The molecule has 0 aliphatic carbocycles. The van der Waals surface area contributed by atoms with E-state index < -0.39 is 5.97 Å². The highest BCUT2D eigenvalue weighted by atomic mass is 16.5. The summed E-state index contributed by atoms with van der Waals surface area (Å²) in [5.74, 6) is 0.174. The van der Waals surface area contributed by atoms with Crippen LogP contribution in [-0.4, -0.2) is 17.3 Å². The Morgan fingerprint density at radius 2 is 2.06 bits per heavy atom. The lowest BCUT2D eigenvalue weighted by atomic mass is 10.3. The van der Waals surface area contributed by atoms with Gasteiger partial charge in [0.25, 0.3) is 0 Å². The molecule has 0 unspecified atom stereocenters. The Morgan fingerprint density at radius 3 is 2.67 bits per heavy atom.